The first-order valence-corrected chi connectivity index (χ1v) is 4.60. The molecule has 0 amide bonds. The monoisotopic (exact) mass is 171 g/mol. The zero-order chi connectivity index (χ0) is 9.19. The van der Waals surface area contributed by atoms with E-state index in [1.807, 2.05) is 20.8 Å². The van der Waals surface area contributed by atoms with Crippen molar-refractivity contribution in [3.8, 4) is 0 Å². The lowest BCUT2D eigenvalue weighted by Gasteiger charge is -2.34. The van der Waals surface area contributed by atoms with Crippen molar-refractivity contribution < 1.29 is 4.39 Å². The number of hydrogen-bond donors (Lipinski definition) is 1. The molecule has 0 radical (unpaired) electrons. The van der Waals surface area contributed by atoms with Gasteiger partial charge in [0, 0.05) is 12.5 Å². The molecule has 1 rings (SSSR count). The van der Waals surface area contributed by atoms with Gasteiger partial charge in [0.15, 0.2) is 0 Å². The Kier molecular flexibility index (Phi) is 2.89. The van der Waals surface area contributed by atoms with Gasteiger partial charge in [0.1, 0.15) is 5.67 Å². The second kappa shape index (κ2) is 3.56. The Morgan fingerprint density at radius 1 is 1.58 bits per heavy atom. The summed E-state index contributed by atoms with van der Waals surface area (Å²) in [6.07, 6.45) is 2.39. The number of hydrogen-bond acceptors (Lipinski definition) is 1. The van der Waals surface area contributed by atoms with E-state index in [-0.39, 0.29) is 5.92 Å². The highest BCUT2D eigenvalue weighted by molar-refractivity contribution is 5.11. The lowest BCUT2D eigenvalue weighted by atomic mass is 9.83. The fourth-order valence-electron chi connectivity index (χ4n) is 1.71. The molecule has 2 unspecified atom stereocenters. The summed E-state index contributed by atoms with van der Waals surface area (Å²) in [7, 11) is 0. The van der Waals surface area contributed by atoms with Crippen molar-refractivity contribution in [1.82, 2.24) is 5.32 Å². The molecular weight excluding hydrogens is 153 g/mol. The lowest BCUT2D eigenvalue weighted by Crippen LogP contribution is -2.44. The van der Waals surface area contributed by atoms with Gasteiger partial charge in [0.05, 0.1) is 0 Å². The summed E-state index contributed by atoms with van der Waals surface area (Å²) >= 11 is 0. The summed E-state index contributed by atoms with van der Waals surface area (Å²) in [4.78, 5) is 0. The predicted molar refractivity (Wildman–Crippen MR) is 49.9 cm³/mol. The van der Waals surface area contributed by atoms with Gasteiger partial charge in [0.2, 0.25) is 0 Å². The van der Waals surface area contributed by atoms with E-state index in [9.17, 15) is 4.39 Å². The maximum atomic E-state index is 14.1. The van der Waals surface area contributed by atoms with Gasteiger partial charge in [-0.2, -0.15) is 0 Å². The number of alkyl halides is 1. The van der Waals surface area contributed by atoms with Crippen molar-refractivity contribution in [3.05, 3.63) is 11.6 Å². The highest BCUT2D eigenvalue weighted by Gasteiger charge is 2.35. The molecule has 0 saturated carbocycles. The molecule has 70 valence electrons. The van der Waals surface area contributed by atoms with Crippen molar-refractivity contribution >= 4 is 0 Å². The standard InChI is InChI=1S/C10H18FN/c1-8(2)6-10(11)4-5-12-7-9(10)3/h6,9,12H,4-5,7H2,1-3H3. The second-order valence-corrected chi connectivity index (χ2v) is 4.00. The van der Waals surface area contributed by atoms with Crippen molar-refractivity contribution in [1.29, 1.82) is 0 Å². The Hall–Kier alpha value is -0.370. The van der Waals surface area contributed by atoms with Crippen LogP contribution < -0.4 is 5.32 Å². The SMILES string of the molecule is CC(C)=CC1(F)CCNCC1C. The molecule has 2 heteroatoms. The molecule has 1 heterocycles. The first-order chi connectivity index (χ1) is 5.54. The predicted octanol–water partition coefficient (Wildman–Crippen LogP) is 2.29. The van der Waals surface area contributed by atoms with E-state index >= 15 is 0 Å². The topological polar surface area (TPSA) is 12.0 Å². The van der Waals surface area contributed by atoms with Gasteiger partial charge in [-0.05, 0) is 32.9 Å². The fraction of sp³-hybridized carbons (Fsp3) is 0.800. The van der Waals surface area contributed by atoms with Gasteiger partial charge in [-0.1, -0.05) is 12.5 Å². The minimum absolute atomic E-state index is 0.0983. The first-order valence-electron chi connectivity index (χ1n) is 4.60. The lowest BCUT2D eigenvalue weighted by molar-refractivity contribution is 0.108. The molecule has 0 aromatic heterocycles. The molecule has 12 heavy (non-hydrogen) atoms. The summed E-state index contributed by atoms with van der Waals surface area (Å²) in [5, 5.41) is 3.19. The van der Waals surface area contributed by atoms with E-state index in [1.54, 1.807) is 6.08 Å². The minimum atomic E-state index is -1.07. The largest absolute Gasteiger partial charge is 0.316 e. The molecule has 1 N–H and O–H groups in total. The third-order valence-electron chi connectivity index (χ3n) is 2.48. The number of allylic oxidation sites excluding steroid dienone is 2. The van der Waals surface area contributed by atoms with Crippen molar-refractivity contribution in [3.63, 3.8) is 0 Å². The molecule has 0 aromatic carbocycles. The zero-order valence-electron chi connectivity index (χ0n) is 8.15. The molecule has 0 aromatic rings. The average Bonchev–Trinajstić information content (AvgIpc) is 1.94. The van der Waals surface area contributed by atoms with Crippen LogP contribution in [-0.2, 0) is 0 Å². The Balaban J connectivity index is 2.72. The third-order valence-corrected chi connectivity index (χ3v) is 2.48. The summed E-state index contributed by atoms with van der Waals surface area (Å²) in [5.41, 5.74) is 0.00984. The van der Waals surface area contributed by atoms with Gasteiger partial charge in [0.25, 0.3) is 0 Å². The number of halogens is 1. The van der Waals surface area contributed by atoms with Crippen LogP contribution in [0.4, 0.5) is 4.39 Å². The van der Waals surface area contributed by atoms with Crippen LogP contribution in [0.5, 0.6) is 0 Å². The van der Waals surface area contributed by atoms with Gasteiger partial charge < -0.3 is 5.32 Å². The molecule has 2 atom stereocenters. The maximum absolute atomic E-state index is 14.1. The number of piperidine rings is 1. The molecular formula is C10H18FN. The van der Waals surface area contributed by atoms with Crippen molar-refractivity contribution in [2.24, 2.45) is 5.92 Å². The zero-order valence-corrected chi connectivity index (χ0v) is 8.15. The van der Waals surface area contributed by atoms with E-state index in [0.717, 1.165) is 18.7 Å². The molecule has 0 aliphatic carbocycles. The van der Waals surface area contributed by atoms with Gasteiger partial charge in [-0.15, -0.1) is 0 Å². The summed E-state index contributed by atoms with van der Waals surface area (Å²) < 4.78 is 14.1. The van der Waals surface area contributed by atoms with Crippen LogP contribution in [0.25, 0.3) is 0 Å². The van der Waals surface area contributed by atoms with E-state index in [0.29, 0.717) is 6.42 Å². The summed E-state index contributed by atoms with van der Waals surface area (Å²) in [6, 6.07) is 0. The minimum Gasteiger partial charge on any atom is -0.316 e. The molecule has 0 bridgehead atoms. The van der Waals surface area contributed by atoms with Crippen LogP contribution in [0.15, 0.2) is 11.6 Å². The number of rotatable bonds is 1. The van der Waals surface area contributed by atoms with Crippen LogP contribution in [0.3, 0.4) is 0 Å². The second-order valence-electron chi connectivity index (χ2n) is 4.00. The normalized spacial score (nSPS) is 36.2. The molecule has 1 fully saturated rings. The van der Waals surface area contributed by atoms with Crippen LogP contribution in [0.2, 0.25) is 0 Å². The quantitative estimate of drug-likeness (QED) is 0.597. The van der Waals surface area contributed by atoms with Gasteiger partial charge >= 0.3 is 0 Å². The Morgan fingerprint density at radius 2 is 2.25 bits per heavy atom. The molecule has 1 saturated heterocycles. The van der Waals surface area contributed by atoms with Crippen molar-refractivity contribution in [2.75, 3.05) is 13.1 Å². The molecule has 0 spiro atoms. The van der Waals surface area contributed by atoms with E-state index in [2.05, 4.69) is 5.32 Å². The van der Waals surface area contributed by atoms with Crippen LogP contribution in [0, 0.1) is 5.92 Å². The maximum Gasteiger partial charge on any atom is 0.134 e. The fourth-order valence-corrected chi connectivity index (χ4v) is 1.71. The smallest absolute Gasteiger partial charge is 0.134 e. The van der Waals surface area contributed by atoms with E-state index in [1.165, 1.54) is 0 Å². The van der Waals surface area contributed by atoms with Crippen LogP contribution >= 0.6 is 0 Å². The van der Waals surface area contributed by atoms with Crippen LogP contribution in [-0.4, -0.2) is 18.8 Å². The van der Waals surface area contributed by atoms with Crippen molar-refractivity contribution in [2.45, 2.75) is 32.9 Å². The van der Waals surface area contributed by atoms with Crippen LogP contribution in [0.1, 0.15) is 27.2 Å². The Labute approximate surface area is 74.0 Å². The first kappa shape index (κ1) is 9.72. The third kappa shape index (κ3) is 2.07. The van der Waals surface area contributed by atoms with Gasteiger partial charge in [-0.25, -0.2) is 4.39 Å². The Bertz CT molecular complexity index is 184. The highest BCUT2D eigenvalue weighted by atomic mass is 19.1. The molecule has 1 aliphatic rings. The van der Waals surface area contributed by atoms with Gasteiger partial charge in [-0.3, -0.25) is 0 Å². The highest BCUT2D eigenvalue weighted by Crippen LogP contribution is 2.30. The average molecular weight is 171 g/mol. The summed E-state index contributed by atoms with van der Waals surface area (Å²) in [6.45, 7) is 7.46. The summed E-state index contributed by atoms with van der Waals surface area (Å²) in [5.74, 6) is 0.0983. The Morgan fingerprint density at radius 3 is 2.75 bits per heavy atom. The number of nitrogens with one attached hydrogen (secondary N) is 1. The van der Waals surface area contributed by atoms with E-state index in [4.69, 9.17) is 0 Å². The molecule has 1 nitrogen and oxygen atoms in total. The molecule has 1 aliphatic heterocycles. The van der Waals surface area contributed by atoms with E-state index < -0.39 is 5.67 Å².